The highest BCUT2D eigenvalue weighted by Gasteiger charge is 2.28. The molecule has 0 spiro atoms. The Morgan fingerprint density at radius 3 is 2.62 bits per heavy atom. The van der Waals surface area contributed by atoms with E-state index in [1.54, 1.807) is 80.0 Å². The van der Waals surface area contributed by atoms with E-state index in [0.29, 0.717) is 40.0 Å². The number of nitrogens with one attached hydrogen (secondary N) is 1. The molecule has 39 heavy (non-hydrogen) atoms. The van der Waals surface area contributed by atoms with Crippen molar-refractivity contribution in [3.8, 4) is 17.2 Å². The summed E-state index contributed by atoms with van der Waals surface area (Å²) in [7, 11) is 1.57. The Morgan fingerprint density at radius 1 is 1.03 bits per heavy atom. The fourth-order valence-electron chi connectivity index (χ4n) is 3.95. The van der Waals surface area contributed by atoms with Crippen LogP contribution in [0.3, 0.4) is 0 Å². The first-order valence-corrected chi connectivity index (χ1v) is 12.1. The van der Waals surface area contributed by atoms with Crippen LogP contribution >= 0.6 is 0 Å². The van der Waals surface area contributed by atoms with Crippen molar-refractivity contribution in [3.63, 3.8) is 0 Å². The first-order valence-electron chi connectivity index (χ1n) is 12.1. The lowest BCUT2D eigenvalue weighted by Gasteiger charge is -2.29. The van der Waals surface area contributed by atoms with Gasteiger partial charge in [-0.15, -0.1) is 0 Å². The molecule has 0 saturated heterocycles. The summed E-state index contributed by atoms with van der Waals surface area (Å²) in [6, 6.07) is 20.4. The number of nitrogens with zero attached hydrogens (tertiary/aromatic N) is 2. The number of ketones is 1. The van der Waals surface area contributed by atoms with Gasteiger partial charge in [0.2, 0.25) is 0 Å². The number of ether oxygens (including phenoxy) is 3. The number of rotatable bonds is 10. The van der Waals surface area contributed by atoms with Crippen LogP contribution in [0.4, 0.5) is 5.69 Å². The second-order valence-electron chi connectivity index (χ2n) is 8.61. The molecule has 1 N–H and O–H groups in total. The van der Waals surface area contributed by atoms with Gasteiger partial charge in [-0.25, -0.2) is 0 Å². The van der Waals surface area contributed by atoms with Crippen LogP contribution < -0.4 is 24.4 Å². The first kappa shape index (κ1) is 25.5. The molecule has 0 unspecified atom stereocenters. The fraction of sp³-hybridized carbons (Fsp3) is 0.172. The normalized spacial score (nSPS) is 12.3. The number of furan rings is 1. The van der Waals surface area contributed by atoms with Crippen molar-refractivity contribution in [1.82, 2.24) is 10.3 Å². The number of benzene rings is 2. The van der Waals surface area contributed by atoms with E-state index >= 15 is 0 Å². The van der Waals surface area contributed by atoms with Crippen LogP contribution in [0, 0.1) is 0 Å². The molecule has 2 amide bonds. The highest BCUT2D eigenvalue weighted by atomic mass is 16.5. The molecule has 10 heteroatoms. The van der Waals surface area contributed by atoms with Gasteiger partial charge in [0, 0.05) is 11.8 Å². The smallest absolute Gasteiger partial charge is 0.287 e. The summed E-state index contributed by atoms with van der Waals surface area (Å²) in [5.74, 6) is 1.21. The molecule has 0 atom stereocenters. The monoisotopic (exact) mass is 527 g/mol. The van der Waals surface area contributed by atoms with Crippen molar-refractivity contribution in [2.75, 3.05) is 25.2 Å². The Bertz CT molecular complexity index is 1480. The summed E-state index contributed by atoms with van der Waals surface area (Å²) in [5, 5.41) is 2.75. The van der Waals surface area contributed by atoms with E-state index in [1.165, 1.54) is 4.90 Å². The molecule has 2 aromatic heterocycles. The number of fused-ring (bicyclic) bond motifs is 1. The van der Waals surface area contributed by atoms with Gasteiger partial charge < -0.3 is 23.9 Å². The molecule has 1 aliphatic heterocycles. The van der Waals surface area contributed by atoms with Gasteiger partial charge in [0.25, 0.3) is 11.8 Å². The number of Topliss-reactive ketones (excluding diaryl/α,β-unsaturated/α-hetero) is 1. The van der Waals surface area contributed by atoms with Crippen LogP contribution in [0.25, 0.3) is 0 Å². The summed E-state index contributed by atoms with van der Waals surface area (Å²) in [5.41, 5.74) is 1.51. The van der Waals surface area contributed by atoms with E-state index in [-0.39, 0.29) is 43.8 Å². The van der Waals surface area contributed by atoms with E-state index in [2.05, 4.69) is 10.3 Å². The number of carbonyl (C=O) groups is 3. The number of aromatic nitrogens is 1. The van der Waals surface area contributed by atoms with Gasteiger partial charge in [-0.05, 0) is 66.7 Å². The molecule has 2 aromatic carbocycles. The fourth-order valence-corrected chi connectivity index (χ4v) is 3.95. The molecule has 4 aromatic rings. The van der Waals surface area contributed by atoms with Gasteiger partial charge in [-0.1, -0.05) is 6.07 Å². The van der Waals surface area contributed by atoms with E-state index < -0.39 is 5.91 Å². The number of carbonyl (C=O) groups excluding carboxylic acids is 3. The summed E-state index contributed by atoms with van der Waals surface area (Å²) in [6.45, 7) is -0.0270. The average molecular weight is 528 g/mol. The number of pyridine rings is 1. The average Bonchev–Trinajstić information content (AvgIpc) is 3.45. The summed E-state index contributed by atoms with van der Waals surface area (Å²) in [6.07, 6.45) is 1.65. The molecular weight excluding hydrogens is 502 g/mol. The third-order valence-electron chi connectivity index (χ3n) is 6.01. The topological polar surface area (TPSA) is 120 Å². The standard InChI is InChI=1S/C29H25N3O7/c1-36-21-6-8-22(9-7-21)37-17-25(33)19-5-11-26-24(14-19)32(28(34)18-38-26)16-23-10-12-27(39-23)29(35)31-15-20-4-2-3-13-30-20/h2-14H,15-18H2,1H3,(H,31,35). The minimum Gasteiger partial charge on any atom is -0.497 e. The zero-order chi connectivity index (χ0) is 27.2. The maximum Gasteiger partial charge on any atom is 0.287 e. The van der Waals surface area contributed by atoms with Crippen molar-refractivity contribution < 1.29 is 33.0 Å². The minimum atomic E-state index is -0.398. The molecule has 1 aliphatic rings. The van der Waals surface area contributed by atoms with E-state index in [0.717, 1.165) is 0 Å². The highest BCUT2D eigenvalue weighted by molar-refractivity contribution is 6.02. The maximum absolute atomic E-state index is 12.9. The van der Waals surface area contributed by atoms with E-state index in [9.17, 15) is 14.4 Å². The third kappa shape index (κ3) is 6.07. The predicted molar refractivity (Wildman–Crippen MR) is 140 cm³/mol. The Labute approximate surface area is 224 Å². The predicted octanol–water partition coefficient (Wildman–Crippen LogP) is 3.80. The molecule has 0 fully saturated rings. The second-order valence-corrected chi connectivity index (χ2v) is 8.61. The first-order chi connectivity index (χ1) is 19.0. The van der Waals surface area contributed by atoms with Crippen LogP contribution in [-0.4, -0.2) is 42.9 Å². The van der Waals surface area contributed by atoms with Gasteiger partial charge in [0.05, 0.1) is 31.6 Å². The van der Waals surface area contributed by atoms with Gasteiger partial charge in [-0.2, -0.15) is 0 Å². The Balaban J connectivity index is 1.25. The van der Waals surface area contributed by atoms with Crippen molar-refractivity contribution in [1.29, 1.82) is 0 Å². The molecule has 0 aliphatic carbocycles. The van der Waals surface area contributed by atoms with Crippen LogP contribution in [0.15, 0.2) is 83.4 Å². The van der Waals surface area contributed by atoms with Crippen molar-refractivity contribution in [3.05, 3.63) is 102 Å². The summed E-state index contributed by atoms with van der Waals surface area (Å²) < 4.78 is 22.0. The summed E-state index contributed by atoms with van der Waals surface area (Å²) >= 11 is 0. The van der Waals surface area contributed by atoms with Gasteiger partial charge >= 0.3 is 0 Å². The summed E-state index contributed by atoms with van der Waals surface area (Å²) in [4.78, 5) is 43.8. The lowest BCUT2D eigenvalue weighted by Crippen LogP contribution is -2.38. The molecule has 3 heterocycles. The molecule has 0 radical (unpaired) electrons. The zero-order valence-corrected chi connectivity index (χ0v) is 21.1. The lowest BCUT2D eigenvalue weighted by molar-refractivity contribution is -0.121. The second kappa shape index (κ2) is 11.5. The molecule has 198 valence electrons. The van der Waals surface area contributed by atoms with E-state index in [1.807, 2.05) is 6.07 Å². The molecule has 5 rings (SSSR count). The number of hydrogen-bond donors (Lipinski definition) is 1. The Morgan fingerprint density at radius 2 is 1.85 bits per heavy atom. The van der Waals surface area contributed by atoms with E-state index in [4.69, 9.17) is 18.6 Å². The Kier molecular flexibility index (Phi) is 7.53. The molecule has 0 bridgehead atoms. The molecule has 10 nitrogen and oxygen atoms in total. The quantitative estimate of drug-likeness (QED) is 0.309. The van der Waals surface area contributed by atoms with Crippen LogP contribution in [0.1, 0.15) is 32.4 Å². The SMILES string of the molecule is COc1ccc(OCC(=O)c2ccc3c(c2)N(Cc2ccc(C(=O)NCc4ccccn4)o2)C(=O)CO3)cc1. The molecule has 0 saturated carbocycles. The Hall–Kier alpha value is -5.12. The number of methoxy groups -OCH3 is 1. The van der Waals surface area contributed by atoms with Crippen molar-refractivity contribution >= 4 is 23.3 Å². The zero-order valence-electron chi connectivity index (χ0n) is 21.1. The van der Waals surface area contributed by atoms with Crippen LogP contribution in [-0.2, 0) is 17.9 Å². The maximum atomic E-state index is 12.9. The minimum absolute atomic E-state index is 0.0582. The van der Waals surface area contributed by atoms with Crippen LogP contribution in [0.2, 0.25) is 0 Å². The van der Waals surface area contributed by atoms with Crippen molar-refractivity contribution in [2.45, 2.75) is 13.1 Å². The van der Waals surface area contributed by atoms with Gasteiger partial charge in [0.1, 0.15) is 23.0 Å². The van der Waals surface area contributed by atoms with Gasteiger partial charge in [0.15, 0.2) is 24.8 Å². The third-order valence-corrected chi connectivity index (χ3v) is 6.01. The molecular formula is C29H25N3O7. The number of amides is 2. The lowest BCUT2D eigenvalue weighted by atomic mass is 10.1. The largest absolute Gasteiger partial charge is 0.497 e. The van der Waals surface area contributed by atoms with Gasteiger partial charge in [-0.3, -0.25) is 24.3 Å². The number of hydrogen-bond acceptors (Lipinski definition) is 8. The highest BCUT2D eigenvalue weighted by Crippen LogP contribution is 2.34. The van der Waals surface area contributed by atoms with Crippen LogP contribution in [0.5, 0.6) is 17.2 Å². The van der Waals surface area contributed by atoms with Crippen molar-refractivity contribution in [2.24, 2.45) is 0 Å². The number of anilines is 1.